The summed E-state index contributed by atoms with van der Waals surface area (Å²) in [6.45, 7) is 5.88. The summed E-state index contributed by atoms with van der Waals surface area (Å²) in [4.78, 5) is 4.86. The molecule has 0 saturated heterocycles. The molecule has 6 nitrogen and oxygen atoms in total. The fraction of sp³-hybridized carbons (Fsp3) is 0.500. The Morgan fingerprint density at radius 3 is 2.88 bits per heavy atom. The van der Waals surface area contributed by atoms with Crippen molar-refractivity contribution in [3.05, 3.63) is 54.4 Å². The minimum absolute atomic E-state index is 0.110. The Bertz CT molecular complexity index is 854. The van der Waals surface area contributed by atoms with E-state index in [-0.39, 0.29) is 12.1 Å². The van der Waals surface area contributed by atoms with Crippen molar-refractivity contribution in [3.8, 4) is 0 Å². The van der Waals surface area contributed by atoms with E-state index in [4.69, 9.17) is 4.98 Å². The van der Waals surface area contributed by atoms with Crippen molar-refractivity contribution in [2.24, 2.45) is 5.92 Å². The molecule has 1 aliphatic rings. The number of nitrogens with one attached hydrogen (secondary N) is 1. The molecule has 0 aliphatic heterocycles. The summed E-state index contributed by atoms with van der Waals surface area (Å²) in [6, 6.07) is 8.25. The quantitative estimate of drug-likeness (QED) is 0.715. The Hall–Kier alpha value is -2.18. The summed E-state index contributed by atoms with van der Waals surface area (Å²) in [5.41, 5.74) is 2.20. The van der Waals surface area contributed by atoms with Gasteiger partial charge in [-0.3, -0.25) is 4.68 Å². The molecule has 1 fully saturated rings. The number of fused-ring (bicyclic) bond motifs is 1. The smallest absolute Gasteiger partial charge is 0.116 e. The monoisotopic (exact) mass is 353 g/mol. The van der Waals surface area contributed by atoms with Crippen molar-refractivity contribution in [3.63, 3.8) is 0 Å². The van der Waals surface area contributed by atoms with E-state index in [9.17, 15) is 5.11 Å². The van der Waals surface area contributed by atoms with Crippen LogP contribution in [0.2, 0.25) is 0 Å². The molecule has 0 aromatic carbocycles. The highest BCUT2D eigenvalue weighted by Gasteiger charge is 2.33. The van der Waals surface area contributed by atoms with Gasteiger partial charge in [-0.15, -0.1) is 0 Å². The second kappa shape index (κ2) is 7.21. The number of aromatic nitrogens is 4. The number of rotatable bonds is 6. The Labute approximate surface area is 153 Å². The van der Waals surface area contributed by atoms with Gasteiger partial charge in [-0.1, -0.05) is 19.9 Å². The van der Waals surface area contributed by atoms with Crippen LogP contribution in [0.25, 0.3) is 5.52 Å². The summed E-state index contributed by atoms with van der Waals surface area (Å²) in [6.07, 6.45) is 7.33. The van der Waals surface area contributed by atoms with Crippen LogP contribution in [0.15, 0.2) is 42.9 Å². The lowest BCUT2D eigenvalue weighted by atomic mass is 10.1. The van der Waals surface area contributed by atoms with Crippen molar-refractivity contribution in [1.82, 2.24) is 24.5 Å². The lowest BCUT2D eigenvalue weighted by Crippen LogP contribution is -2.35. The summed E-state index contributed by atoms with van der Waals surface area (Å²) < 4.78 is 4.13. The third kappa shape index (κ3) is 3.39. The molecule has 0 spiro atoms. The molecular formula is C20H27N5O. The van der Waals surface area contributed by atoms with E-state index in [0.717, 1.165) is 36.4 Å². The molecule has 138 valence electrons. The van der Waals surface area contributed by atoms with Crippen LogP contribution in [0.5, 0.6) is 0 Å². The lowest BCUT2D eigenvalue weighted by molar-refractivity contribution is 0.145. The molecule has 26 heavy (non-hydrogen) atoms. The largest absolute Gasteiger partial charge is 0.391 e. The first-order valence-electron chi connectivity index (χ1n) is 9.46. The summed E-state index contributed by atoms with van der Waals surface area (Å²) in [7, 11) is 0. The number of nitrogens with zero attached hydrogens (tertiary/aromatic N) is 4. The van der Waals surface area contributed by atoms with Crippen molar-refractivity contribution < 1.29 is 5.11 Å². The summed E-state index contributed by atoms with van der Waals surface area (Å²) in [5.74, 6) is 1.91. The number of aliphatic hydroxyl groups is 1. The second-order valence-corrected chi connectivity index (χ2v) is 7.65. The topological polar surface area (TPSA) is 67.4 Å². The maximum Gasteiger partial charge on any atom is 0.116 e. The maximum atomic E-state index is 10.5. The zero-order valence-corrected chi connectivity index (χ0v) is 15.4. The van der Waals surface area contributed by atoms with Gasteiger partial charge in [-0.2, -0.15) is 5.10 Å². The summed E-state index contributed by atoms with van der Waals surface area (Å²) >= 11 is 0. The molecule has 6 heteroatoms. The molecule has 4 rings (SSSR count). The normalized spacial score (nSPS) is 23.3. The van der Waals surface area contributed by atoms with Gasteiger partial charge in [0.05, 0.1) is 17.3 Å². The highest BCUT2D eigenvalue weighted by Crippen LogP contribution is 2.28. The molecule has 1 unspecified atom stereocenters. The van der Waals surface area contributed by atoms with Crippen LogP contribution >= 0.6 is 0 Å². The molecule has 0 bridgehead atoms. The molecule has 0 radical (unpaired) electrons. The van der Waals surface area contributed by atoms with E-state index in [1.165, 1.54) is 0 Å². The Morgan fingerprint density at radius 2 is 2.12 bits per heavy atom. The predicted octanol–water partition coefficient (Wildman–Crippen LogP) is 2.58. The zero-order valence-electron chi connectivity index (χ0n) is 15.4. The van der Waals surface area contributed by atoms with Crippen LogP contribution in [0.1, 0.15) is 44.1 Å². The first-order valence-corrected chi connectivity index (χ1v) is 9.46. The van der Waals surface area contributed by atoms with Crippen molar-refractivity contribution in [1.29, 1.82) is 0 Å². The van der Waals surface area contributed by atoms with Gasteiger partial charge in [0, 0.05) is 43.6 Å². The Balaban J connectivity index is 1.43. The molecule has 3 aromatic heterocycles. The van der Waals surface area contributed by atoms with Crippen LogP contribution < -0.4 is 5.32 Å². The van der Waals surface area contributed by atoms with E-state index in [1.807, 2.05) is 23.0 Å². The van der Waals surface area contributed by atoms with E-state index in [0.29, 0.717) is 18.4 Å². The highest BCUT2D eigenvalue weighted by atomic mass is 16.3. The van der Waals surface area contributed by atoms with Gasteiger partial charge in [0.25, 0.3) is 0 Å². The third-order valence-corrected chi connectivity index (χ3v) is 5.33. The molecule has 1 saturated carbocycles. The number of hydrogen-bond donors (Lipinski definition) is 2. The standard InChI is InChI=1S/C20H27N5O/c1-14(2)20-23-17(18-6-3-4-9-25(18)20)12-21-16-10-15(11-19(16)26)13-24-8-5-7-22-24/h3-9,14-16,19,21,26H,10-13H2,1-2H3/t15?,16-,19-/m1/s1. The minimum Gasteiger partial charge on any atom is -0.391 e. The average molecular weight is 353 g/mol. The molecule has 3 aromatic rings. The van der Waals surface area contributed by atoms with E-state index < -0.39 is 0 Å². The molecule has 3 atom stereocenters. The van der Waals surface area contributed by atoms with E-state index >= 15 is 0 Å². The minimum atomic E-state index is -0.311. The highest BCUT2D eigenvalue weighted by molar-refractivity contribution is 5.53. The van der Waals surface area contributed by atoms with Crippen LogP contribution in [0.4, 0.5) is 0 Å². The van der Waals surface area contributed by atoms with Gasteiger partial charge in [0.1, 0.15) is 5.82 Å². The van der Waals surface area contributed by atoms with Crippen LogP contribution in [0.3, 0.4) is 0 Å². The number of aliphatic hydroxyl groups excluding tert-OH is 1. The van der Waals surface area contributed by atoms with Crippen molar-refractivity contribution >= 4 is 5.52 Å². The van der Waals surface area contributed by atoms with Gasteiger partial charge >= 0.3 is 0 Å². The number of imidazole rings is 1. The van der Waals surface area contributed by atoms with Crippen molar-refractivity contribution in [2.75, 3.05) is 0 Å². The second-order valence-electron chi connectivity index (χ2n) is 7.65. The van der Waals surface area contributed by atoms with Gasteiger partial charge in [0.15, 0.2) is 0 Å². The van der Waals surface area contributed by atoms with E-state index in [1.54, 1.807) is 6.20 Å². The Morgan fingerprint density at radius 1 is 1.23 bits per heavy atom. The van der Waals surface area contributed by atoms with Crippen LogP contribution in [-0.2, 0) is 13.1 Å². The number of pyridine rings is 1. The SMILES string of the molecule is CC(C)c1nc(CN[C@@H]2CC(Cn3cccn3)C[C@H]2O)c2ccccn12. The first-order chi connectivity index (χ1) is 12.6. The number of hydrogen-bond acceptors (Lipinski definition) is 4. The van der Waals surface area contributed by atoms with Gasteiger partial charge < -0.3 is 14.8 Å². The van der Waals surface area contributed by atoms with Crippen LogP contribution in [0, 0.1) is 5.92 Å². The zero-order chi connectivity index (χ0) is 18.1. The molecule has 0 amide bonds. The van der Waals surface area contributed by atoms with Crippen molar-refractivity contribution in [2.45, 2.75) is 57.8 Å². The first kappa shape index (κ1) is 17.2. The summed E-state index contributed by atoms with van der Waals surface area (Å²) in [5, 5.41) is 18.3. The van der Waals surface area contributed by atoms with Gasteiger partial charge in [-0.05, 0) is 37.0 Å². The lowest BCUT2D eigenvalue weighted by Gasteiger charge is -2.15. The Kier molecular flexibility index (Phi) is 4.78. The fourth-order valence-electron chi connectivity index (χ4n) is 4.05. The predicted molar refractivity (Wildman–Crippen MR) is 101 cm³/mol. The van der Waals surface area contributed by atoms with Crippen LogP contribution in [-0.4, -0.2) is 36.4 Å². The van der Waals surface area contributed by atoms with Gasteiger partial charge in [-0.25, -0.2) is 4.98 Å². The third-order valence-electron chi connectivity index (χ3n) is 5.33. The average Bonchev–Trinajstić information content (AvgIpc) is 3.33. The maximum absolute atomic E-state index is 10.5. The van der Waals surface area contributed by atoms with Gasteiger partial charge in [0.2, 0.25) is 0 Å². The molecular weight excluding hydrogens is 326 g/mol. The fourth-order valence-corrected chi connectivity index (χ4v) is 4.05. The van der Waals surface area contributed by atoms with E-state index in [2.05, 4.69) is 47.0 Å². The molecule has 1 aliphatic carbocycles. The molecule has 2 N–H and O–H groups in total. The molecule has 3 heterocycles.